The van der Waals surface area contributed by atoms with Crippen molar-refractivity contribution in [2.45, 2.75) is 24.4 Å². The van der Waals surface area contributed by atoms with Crippen LogP contribution in [0.2, 0.25) is 0 Å². The van der Waals surface area contributed by atoms with Gasteiger partial charge >= 0.3 is 12.1 Å². The molecule has 1 aliphatic carbocycles. The maximum atomic E-state index is 13.5. The molecule has 2 nitrogen and oxygen atoms in total. The molecule has 0 unspecified atom stereocenters. The number of carboxylic acid groups (broad SMARTS) is 1. The molecule has 0 aliphatic heterocycles. The van der Waals surface area contributed by atoms with Crippen LogP contribution >= 0.6 is 0 Å². The number of alkyl halides is 3. The third-order valence-corrected chi connectivity index (χ3v) is 3.04. The number of rotatable bonds is 2. The first-order valence-electron chi connectivity index (χ1n) is 4.98. The predicted molar refractivity (Wildman–Crippen MR) is 49.9 cm³/mol. The van der Waals surface area contributed by atoms with Crippen molar-refractivity contribution in [1.29, 1.82) is 0 Å². The van der Waals surface area contributed by atoms with Gasteiger partial charge in [0.2, 0.25) is 0 Å². The molecule has 0 aromatic heterocycles. The second-order valence-corrected chi connectivity index (χ2v) is 4.20. The Morgan fingerprint density at radius 2 is 1.72 bits per heavy atom. The smallest absolute Gasteiger partial charge is 0.419 e. The van der Waals surface area contributed by atoms with Gasteiger partial charge in [0.1, 0.15) is 11.6 Å². The number of benzene rings is 1. The van der Waals surface area contributed by atoms with Crippen LogP contribution in [0.3, 0.4) is 0 Å². The molecule has 0 bridgehead atoms. The number of halogens is 5. The van der Waals surface area contributed by atoms with Gasteiger partial charge in [-0.25, -0.2) is 8.78 Å². The summed E-state index contributed by atoms with van der Waals surface area (Å²) in [7, 11) is 0. The molecule has 0 spiro atoms. The lowest BCUT2D eigenvalue weighted by Crippen LogP contribution is -2.22. The van der Waals surface area contributed by atoms with E-state index in [1.165, 1.54) is 0 Å². The minimum Gasteiger partial charge on any atom is -0.481 e. The van der Waals surface area contributed by atoms with Crippen molar-refractivity contribution >= 4 is 5.97 Å². The Kier molecular flexibility index (Phi) is 2.60. The van der Waals surface area contributed by atoms with E-state index in [9.17, 15) is 26.7 Å². The number of hydrogen-bond donors (Lipinski definition) is 1. The molecular weight excluding hydrogens is 259 g/mol. The molecule has 1 aromatic rings. The SMILES string of the molecule is O=C(O)C1(c2cc(F)c(C(F)(F)F)cc2F)CC1. The van der Waals surface area contributed by atoms with E-state index in [1.807, 2.05) is 0 Å². The van der Waals surface area contributed by atoms with Gasteiger partial charge in [0.05, 0.1) is 11.0 Å². The van der Waals surface area contributed by atoms with Crippen molar-refractivity contribution < 1.29 is 31.9 Å². The van der Waals surface area contributed by atoms with Crippen LogP contribution in [0.15, 0.2) is 12.1 Å². The summed E-state index contributed by atoms with van der Waals surface area (Å²) in [5, 5.41) is 8.89. The van der Waals surface area contributed by atoms with Crippen LogP contribution in [0.4, 0.5) is 22.0 Å². The molecule has 18 heavy (non-hydrogen) atoms. The van der Waals surface area contributed by atoms with Gasteiger partial charge in [-0.1, -0.05) is 0 Å². The zero-order chi connectivity index (χ0) is 13.7. The molecule has 0 heterocycles. The zero-order valence-corrected chi connectivity index (χ0v) is 8.81. The number of aliphatic carboxylic acids is 1. The van der Waals surface area contributed by atoms with Gasteiger partial charge in [-0.2, -0.15) is 13.2 Å². The van der Waals surface area contributed by atoms with E-state index in [0.29, 0.717) is 6.07 Å². The number of carboxylic acids is 1. The molecule has 0 radical (unpaired) electrons. The molecular formula is C11H7F5O2. The molecule has 7 heteroatoms. The summed E-state index contributed by atoms with van der Waals surface area (Å²) in [6.07, 6.45) is -4.84. The molecule has 1 aromatic carbocycles. The highest BCUT2D eigenvalue weighted by Crippen LogP contribution is 2.50. The van der Waals surface area contributed by atoms with Gasteiger partial charge in [-0.05, 0) is 25.0 Å². The average molecular weight is 266 g/mol. The Bertz CT molecular complexity index is 517. The third-order valence-electron chi connectivity index (χ3n) is 3.04. The summed E-state index contributed by atoms with van der Waals surface area (Å²) in [6, 6.07) is 0.340. The van der Waals surface area contributed by atoms with Crippen LogP contribution in [0.25, 0.3) is 0 Å². The van der Waals surface area contributed by atoms with E-state index in [-0.39, 0.29) is 18.9 Å². The highest BCUT2D eigenvalue weighted by Gasteiger charge is 2.54. The van der Waals surface area contributed by atoms with Gasteiger partial charge in [0, 0.05) is 5.56 Å². The van der Waals surface area contributed by atoms with Gasteiger partial charge in [0.25, 0.3) is 0 Å². The zero-order valence-electron chi connectivity index (χ0n) is 8.81. The van der Waals surface area contributed by atoms with Crippen molar-refractivity contribution in [1.82, 2.24) is 0 Å². The van der Waals surface area contributed by atoms with E-state index in [1.54, 1.807) is 0 Å². The number of hydrogen-bond acceptors (Lipinski definition) is 1. The highest BCUT2D eigenvalue weighted by atomic mass is 19.4. The van der Waals surface area contributed by atoms with Crippen LogP contribution in [0, 0.1) is 11.6 Å². The normalized spacial score (nSPS) is 17.6. The van der Waals surface area contributed by atoms with Crippen LogP contribution in [-0.4, -0.2) is 11.1 Å². The average Bonchev–Trinajstić information content (AvgIpc) is 3.00. The van der Waals surface area contributed by atoms with E-state index in [2.05, 4.69) is 0 Å². The summed E-state index contributed by atoms with van der Waals surface area (Å²) in [6.45, 7) is 0. The van der Waals surface area contributed by atoms with Crippen molar-refractivity contribution in [2.24, 2.45) is 0 Å². The van der Waals surface area contributed by atoms with Crippen molar-refractivity contribution in [3.8, 4) is 0 Å². The predicted octanol–water partition coefficient (Wildman–Crippen LogP) is 3.10. The molecule has 0 amide bonds. The molecule has 98 valence electrons. The summed E-state index contributed by atoms with van der Waals surface area (Å²) >= 11 is 0. The monoisotopic (exact) mass is 266 g/mol. The minimum atomic E-state index is -5.01. The van der Waals surface area contributed by atoms with E-state index >= 15 is 0 Å². The minimum absolute atomic E-state index is 0.00762. The third kappa shape index (κ3) is 1.83. The van der Waals surface area contributed by atoms with Crippen molar-refractivity contribution in [2.75, 3.05) is 0 Å². The summed E-state index contributed by atoms with van der Waals surface area (Å²) in [5.74, 6) is -4.37. The first-order chi connectivity index (χ1) is 8.18. The fourth-order valence-electron chi connectivity index (χ4n) is 1.85. The van der Waals surface area contributed by atoms with Gasteiger partial charge in [0.15, 0.2) is 0 Å². The lowest BCUT2D eigenvalue weighted by atomic mass is 9.94. The largest absolute Gasteiger partial charge is 0.481 e. The molecule has 1 saturated carbocycles. The standard InChI is InChI=1S/C11H7F5O2/c12-7-4-6(11(14,15)16)8(13)3-5(7)10(1-2-10)9(17)18/h3-4H,1-2H2,(H,17,18). The second-order valence-electron chi connectivity index (χ2n) is 4.20. The molecule has 1 fully saturated rings. The summed E-state index contributed by atoms with van der Waals surface area (Å²) in [5.41, 5.74) is -3.83. The van der Waals surface area contributed by atoms with E-state index < -0.39 is 40.3 Å². The maximum Gasteiger partial charge on any atom is 0.419 e. The maximum absolute atomic E-state index is 13.5. The fourth-order valence-corrected chi connectivity index (χ4v) is 1.85. The molecule has 2 rings (SSSR count). The molecule has 1 aliphatic rings. The Labute approximate surface area is 98.0 Å². The van der Waals surface area contributed by atoms with Crippen molar-refractivity contribution in [3.63, 3.8) is 0 Å². The van der Waals surface area contributed by atoms with E-state index in [0.717, 1.165) is 0 Å². The van der Waals surface area contributed by atoms with Gasteiger partial charge in [-0.3, -0.25) is 4.79 Å². The lowest BCUT2D eigenvalue weighted by molar-refractivity contribution is -0.140. The Balaban J connectivity index is 2.55. The lowest BCUT2D eigenvalue weighted by Gasteiger charge is -2.14. The fraction of sp³-hybridized carbons (Fsp3) is 0.364. The van der Waals surface area contributed by atoms with Crippen LogP contribution in [0.5, 0.6) is 0 Å². The Morgan fingerprint density at radius 1 is 1.17 bits per heavy atom. The van der Waals surface area contributed by atoms with Crippen LogP contribution in [0.1, 0.15) is 24.0 Å². The molecule has 1 N–H and O–H groups in total. The second kappa shape index (κ2) is 3.66. The number of carbonyl (C=O) groups is 1. The quantitative estimate of drug-likeness (QED) is 0.835. The highest BCUT2D eigenvalue weighted by molar-refractivity contribution is 5.85. The first kappa shape index (κ1) is 12.8. The topological polar surface area (TPSA) is 37.3 Å². The van der Waals surface area contributed by atoms with Crippen molar-refractivity contribution in [3.05, 3.63) is 34.9 Å². The van der Waals surface area contributed by atoms with Gasteiger partial charge in [-0.15, -0.1) is 0 Å². The van der Waals surface area contributed by atoms with Gasteiger partial charge < -0.3 is 5.11 Å². The summed E-state index contributed by atoms with van der Waals surface area (Å²) < 4.78 is 63.7. The van der Waals surface area contributed by atoms with E-state index in [4.69, 9.17) is 5.11 Å². The Hall–Kier alpha value is -1.66. The summed E-state index contributed by atoms with van der Waals surface area (Å²) in [4.78, 5) is 10.9. The molecule has 0 saturated heterocycles. The first-order valence-corrected chi connectivity index (χ1v) is 4.98. The molecule has 0 atom stereocenters. The van der Waals surface area contributed by atoms with Crippen LogP contribution in [-0.2, 0) is 16.4 Å². The Morgan fingerprint density at radius 3 is 2.11 bits per heavy atom. The van der Waals surface area contributed by atoms with Crippen LogP contribution < -0.4 is 0 Å².